The van der Waals surface area contributed by atoms with Crippen molar-refractivity contribution in [2.24, 2.45) is 5.92 Å². The second kappa shape index (κ2) is 7.37. The van der Waals surface area contributed by atoms with E-state index in [1.54, 1.807) is 0 Å². The van der Waals surface area contributed by atoms with Gasteiger partial charge in [0, 0.05) is 18.7 Å². The van der Waals surface area contributed by atoms with Gasteiger partial charge < -0.3 is 10.1 Å². The molecule has 7 nitrogen and oxygen atoms in total. The first-order chi connectivity index (χ1) is 9.81. The van der Waals surface area contributed by atoms with E-state index in [0.29, 0.717) is 12.5 Å². The molecule has 1 aromatic rings. The number of rotatable bonds is 7. The van der Waals surface area contributed by atoms with Gasteiger partial charge in [0.15, 0.2) is 12.4 Å². The van der Waals surface area contributed by atoms with E-state index in [2.05, 4.69) is 5.32 Å². The van der Waals surface area contributed by atoms with Crippen LogP contribution in [0, 0.1) is 16.0 Å². The summed E-state index contributed by atoms with van der Waals surface area (Å²) in [5.74, 6) is -0.193. The summed E-state index contributed by atoms with van der Waals surface area (Å²) in [6, 6.07) is 3.70. The number of nitrogens with zero attached hydrogens (tertiary/aromatic N) is 1. The van der Waals surface area contributed by atoms with Crippen molar-refractivity contribution in [2.45, 2.75) is 20.8 Å². The standard InChI is InChI=1S/C14H18N2O5/c1-9(2)7-15-14(18)8-21-13-5-4-11(16(19)20)6-12(13)10(3)17/h4-6,9H,7-8H2,1-3H3,(H,15,18). The monoisotopic (exact) mass is 294 g/mol. The molecule has 0 unspecified atom stereocenters. The van der Waals surface area contributed by atoms with E-state index in [1.807, 2.05) is 13.8 Å². The molecular formula is C14H18N2O5. The molecule has 21 heavy (non-hydrogen) atoms. The van der Waals surface area contributed by atoms with Crippen LogP contribution in [-0.2, 0) is 4.79 Å². The van der Waals surface area contributed by atoms with Crippen molar-refractivity contribution < 1.29 is 19.2 Å². The third-order valence-electron chi connectivity index (χ3n) is 2.62. The number of hydrogen-bond donors (Lipinski definition) is 1. The van der Waals surface area contributed by atoms with Crippen molar-refractivity contribution >= 4 is 17.4 Å². The summed E-state index contributed by atoms with van der Waals surface area (Å²) in [6.45, 7) is 5.49. The quantitative estimate of drug-likeness (QED) is 0.471. The van der Waals surface area contributed by atoms with Crippen LogP contribution >= 0.6 is 0 Å². The summed E-state index contributed by atoms with van der Waals surface area (Å²) < 4.78 is 5.27. The number of ether oxygens (including phenoxy) is 1. The maximum absolute atomic E-state index is 11.5. The average Bonchev–Trinajstić information content (AvgIpc) is 2.42. The number of benzene rings is 1. The largest absolute Gasteiger partial charge is 0.483 e. The zero-order chi connectivity index (χ0) is 16.0. The first-order valence-electron chi connectivity index (χ1n) is 6.50. The lowest BCUT2D eigenvalue weighted by molar-refractivity contribution is -0.384. The molecule has 114 valence electrons. The van der Waals surface area contributed by atoms with Crippen molar-refractivity contribution in [3.05, 3.63) is 33.9 Å². The van der Waals surface area contributed by atoms with Crippen LogP contribution in [0.2, 0.25) is 0 Å². The Morgan fingerprint density at radius 3 is 2.57 bits per heavy atom. The van der Waals surface area contributed by atoms with Gasteiger partial charge >= 0.3 is 0 Å². The number of nitro benzene ring substituents is 1. The maximum atomic E-state index is 11.5. The van der Waals surface area contributed by atoms with E-state index >= 15 is 0 Å². The van der Waals surface area contributed by atoms with Crippen molar-refractivity contribution in [3.63, 3.8) is 0 Å². The van der Waals surface area contributed by atoms with Gasteiger partial charge in [-0.2, -0.15) is 0 Å². The number of nitrogens with one attached hydrogen (secondary N) is 1. The van der Waals surface area contributed by atoms with E-state index in [-0.39, 0.29) is 35.3 Å². The molecule has 0 saturated carbocycles. The van der Waals surface area contributed by atoms with Gasteiger partial charge in [-0.05, 0) is 18.9 Å². The first kappa shape index (κ1) is 16.6. The third-order valence-corrected chi connectivity index (χ3v) is 2.62. The average molecular weight is 294 g/mol. The summed E-state index contributed by atoms with van der Waals surface area (Å²) in [4.78, 5) is 33.1. The smallest absolute Gasteiger partial charge is 0.270 e. The van der Waals surface area contributed by atoms with E-state index < -0.39 is 4.92 Å². The predicted octanol–water partition coefficient (Wildman–Crippen LogP) is 1.95. The molecule has 0 atom stereocenters. The molecule has 1 N–H and O–H groups in total. The zero-order valence-corrected chi connectivity index (χ0v) is 12.2. The SMILES string of the molecule is CC(=O)c1cc([N+](=O)[O-])ccc1OCC(=O)NCC(C)C. The van der Waals surface area contributed by atoms with Crippen molar-refractivity contribution in [1.29, 1.82) is 0 Å². The number of ketones is 1. The van der Waals surface area contributed by atoms with Crippen LogP contribution in [0.1, 0.15) is 31.1 Å². The van der Waals surface area contributed by atoms with Gasteiger partial charge in [0.25, 0.3) is 11.6 Å². The molecule has 0 aromatic heterocycles. The molecule has 0 radical (unpaired) electrons. The van der Waals surface area contributed by atoms with E-state index in [9.17, 15) is 19.7 Å². The fourth-order valence-corrected chi connectivity index (χ4v) is 1.54. The predicted molar refractivity (Wildman–Crippen MR) is 76.4 cm³/mol. The second-order valence-electron chi connectivity index (χ2n) is 4.98. The molecule has 1 rings (SSSR count). The molecule has 0 aliphatic heterocycles. The van der Waals surface area contributed by atoms with Gasteiger partial charge in [0.2, 0.25) is 0 Å². The molecule has 7 heteroatoms. The fourth-order valence-electron chi connectivity index (χ4n) is 1.54. The normalized spacial score (nSPS) is 10.3. The molecule has 0 spiro atoms. The van der Waals surface area contributed by atoms with Gasteiger partial charge in [0.05, 0.1) is 10.5 Å². The summed E-state index contributed by atoms with van der Waals surface area (Å²) >= 11 is 0. The number of nitro groups is 1. The Bertz CT molecular complexity index is 554. The topological polar surface area (TPSA) is 98.5 Å². The molecule has 0 fully saturated rings. The Morgan fingerprint density at radius 2 is 2.05 bits per heavy atom. The highest BCUT2D eigenvalue weighted by Gasteiger charge is 2.16. The number of hydrogen-bond acceptors (Lipinski definition) is 5. The van der Waals surface area contributed by atoms with Gasteiger partial charge in [-0.25, -0.2) is 0 Å². The van der Waals surface area contributed by atoms with Crippen LogP contribution in [0.3, 0.4) is 0 Å². The number of amides is 1. The first-order valence-corrected chi connectivity index (χ1v) is 6.50. The van der Waals surface area contributed by atoms with Gasteiger partial charge in [-0.3, -0.25) is 19.7 Å². The summed E-state index contributed by atoms with van der Waals surface area (Å²) in [7, 11) is 0. The van der Waals surface area contributed by atoms with Crippen molar-refractivity contribution in [3.8, 4) is 5.75 Å². The third kappa shape index (κ3) is 5.21. The van der Waals surface area contributed by atoms with Gasteiger partial charge in [-0.15, -0.1) is 0 Å². The Morgan fingerprint density at radius 1 is 1.38 bits per heavy atom. The summed E-state index contributed by atoms with van der Waals surface area (Å²) in [6.07, 6.45) is 0. The van der Waals surface area contributed by atoms with Crippen LogP contribution in [0.15, 0.2) is 18.2 Å². The van der Waals surface area contributed by atoms with Crippen LogP contribution in [0.4, 0.5) is 5.69 Å². The van der Waals surface area contributed by atoms with E-state index in [0.717, 1.165) is 6.07 Å². The lowest BCUT2D eigenvalue weighted by Crippen LogP contribution is -2.31. The molecular weight excluding hydrogens is 276 g/mol. The number of non-ortho nitro benzene ring substituents is 1. The van der Waals surface area contributed by atoms with Crippen LogP contribution in [-0.4, -0.2) is 29.8 Å². The van der Waals surface area contributed by atoms with Crippen LogP contribution < -0.4 is 10.1 Å². The summed E-state index contributed by atoms with van der Waals surface area (Å²) in [5, 5.41) is 13.4. The van der Waals surface area contributed by atoms with Crippen molar-refractivity contribution in [1.82, 2.24) is 5.32 Å². The molecule has 1 amide bonds. The van der Waals surface area contributed by atoms with Crippen LogP contribution in [0.5, 0.6) is 5.75 Å². The lowest BCUT2D eigenvalue weighted by atomic mass is 10.1. The Kier molecular flexibility index (Phi) is 5.83. The van der Waals surface area contributed by atoms with E-state index in [4.69, 9.17) is 4.74 Å². The Balaban J connectivity index is 2.77. The maximum Gasteiger partial charge on any atom is 0.270 e. The summed E-state index contributed by atoms with van der Waals surface area (Å²) in [5.41, 5.74) is -0.113. The molecule has 0 heterocycles. The van der Waals surface area contributed by atoms with Crippen molar-refractivity contribution in [2.75, 3.05) is 13.2 Å². The molecule has 0 aliphatic rings. The van der Waals surface area contributed by atoms with Crippen LogP contribution in [0.25, 0.3) is 0 Å². The number of carbonyl (C=O) groups excluding carboxylic acids is 2. The lowest BCUT2D eigenvalue weighted by Gasteiger charge is -2.11. The molecule has 0 bridgehead atoms. The van der Waals surface area contributed by atoms with E-state index in [1.165, 1.54) is 19.1 Å². The zero-order valence-electron chi connectivity index (χ0n) is 12.2. The Hall–Kier alpha value is -2.44. The highest BCUT2D eigenvalue weighted by Crippen LogP contribution is 2.24. The van der Waals surface area contributed by atoms with Gasteiger partial charge in [0.1, 0.15) is 5.75 Å². The number of carbonyl (C=O) groups is 2. The minimum Gasteiger partial charge on any atom is -0.483 e. The molecule has 1 aromatic carbocycles. The highest BCUT2D eigenvalue weighted by molar-refractivity contribution is 5.97. The molecule has 0 saturated heterocycles. The highest BCUT2D eigenvalue weighted by atomic mass is 16.6. The molecule has 0 aliphatic carbocycles. The fraction of sp³-hybridized carbons (Fsp3) is 0.429. The minimum absolute atomic E-state index is 0.0841. The van der Waals surface area contributed by atoms with Gasteiger partial charge in [-0.1, -0.05) is 13.8 Å². The number of Topliss-reactive ketones (excluding diaryl/α,β-unsaturated/α-hetero) is 1. The minimum atomic E-state index is -0.592. The Labute approximate surface area is 122 Å². The second-order valence-corrected chi connectivity index (χ2v) is 4.98.